The van der Waals surface area contributed by atoms with Crippen molar-refractivity contribution >= 4 is 11.0 Å². The first kappa shape index (κ1) is 18.0. The van der Waals surface area contributed by atoms with Crippen molar-refractivity contribution in [2.45, 2.75) is 39.0 Å². The van der Waals surface area contributed by atoms with E-state index in [0.29, 0.717) is 25.3 Å². The number of alkyl halides is 3. The molecule has 0 saturated carbocycles. The van der Waals surface area contributed by atoms with E-state index in [-0.39, 0.29) is 5.92 Å². The molecule has 1 N–H and O–H groups in total. The molecule has 1 atom stereocenters. The van der Waals surface area contributed by atoms with Crippen LogP contribution in [-0.4, -0.2) is 30.9 Å². The molecule has 1 aliphatic rings. The van der Waals surface area contributed by atoms with Crippen molar-refractivity contribution in [3.63, 3.8) is 0 Å². The lowest BCUT2D eigenvalue weighted by atomic mass is 9.99. The molecule has 3 aromatic heterocycles. The van der Waals surface area contributed by atoms with Gasteiger partial charge < -0.3 is 9.88 Å². The molecule has 27 heavy (non-hydrogen) atoms. The molecule has 6 nitrogen and oxygen atoms in total. The van der Waals surface area contributed by atoms with Gasteiger partial charge in [0, 0.05) is 44.3 Å². The van der Waals surface area contributed by atoms with Gasteiger partial charge in [0.2, 0.25) is 0 Å². The minimum absolute atomic E-state index is 0.282. The highest BCUT2D eigenvalue weighted by Crippen LogP contribution is 2.30. The first-order valence-electron chi connectivity index (χ1n) is 8.93. The molecular formula is C18H21F3N6. The lowest BCUT2D eigenvalue weighted by Gasteiger charge is -2.24. The summed E-state index contributed by atoms with van der Waals surface area (Å²) in [6.45, 7) is 3.92. The van der Waals surface area contributed by atoms with Crippen LogP contribution in [0.1, 0.15) is 29.2 Å². The zero-order valence-electron chi connectivity index (χ0n) is 15.2. The van der Waals surface area contributed by atoms with Crippen molar-refractivity contribution < 1.29 is 13.2 Å². The van der Waals surface area contributed by atoms with Gasteiger partial charge in [-0.15, -0.1) is 0 Å². The predicted molar refractivity (Wildman–Crippen MR) is 94.0 cm³/mol. The number of pyridine rings is 1. The van der Waals surface area contributed by atoms with Crippen LogP contribution < -0.4 is 5.32 Å². The fraction of sp³-hybridized carbons (Fsp3) is 0.500. The van der Waals surface area contributed by atoms with Gasteiger partial charge in [-0.2, -0.15) is 18.3 Å². The summed E-state index contributed by atoms with van der Waals surface area (Å²) in [5.74, 6) is 0.810. The Labute approximate surface area is 154 Å². The minimum Gasteiger partial charge on any atom is -0.334 e. The van der Waals surface area contributed by atoms with E-state index in [1.54, 1.807) is 9.25 Å². The summed E-state index contributed by atoms with van der Waals surface area (Å²) in [6, 6.07) is 2.09. The number of hydrogen-bond acceptors (Lipinski definition) is 4. The van der Waals surface area contributed by atoms with Crippen molar-refractivity contribution in [2.24, 2.45) is 13.0 Å². The molecule has 4 rings (SSSR count). The molecule has 1 aliphatic heterocycles. The number of aromatic nitrogens is 5. The first-order chi connectivity index (χ1) is 12.8. The topological polar surface area (TPSA) is 60.6 Å². The summed E-state index contributed by atoms with van der Waals surface area (Å²) >= 11 is 0. The number of hydrogen-bond donors (Lipinski definition) is 1. The Morgan fingerprint density at radius 3 is 2.93 bits per heavy atom. The smallest absolute Gasteiger partial charge is 0.334 e. The summed E-state index contributed by atoms with van der Waals surface area (Å²) in [5, 5.41) is 8.82. The zero-order valence-corrected chi connectivity index (χ0v) is 15.2. The van der Waals surface area contributed by atoms with Crippen LogP contribution in [0.25, 0.3) is 11.0 Å². The van der Waals surface area contributed by atoms with Crippen LogP contribution >= 0.6 is 0 Å². The number of imidazole rings is 1. The van der Waals surface area contributed by atoms with Crippen LogP contribution in [0.5, 0.6) is 0 Å². The number of halogens is 3. The second-order valence-electron chi connectivity index (χ2n) is 7.15. The van der Waals surface area contributed by atoms with Gasteiger partial charge in [0.15, 0.2) is 11.3 Å². The Hall–Kier alpha value is -2.42. The zero-order chi connectivity index (χ0) is 19.2. The van der Waals surface area contributed by atoms with E-state index < -0.39 is 11.9 Å². The molecule has 4 heterocycles. The maximum atomic E-state index is 12.8. The standard InChI is InChI=1S/C18H21F3N6/c1-11-14-5-13(8-23-17(14)26(2)25-11)7-22-6-12-3-4-16-24-15(18(19,20)21)10-27(16)9-12/h5,8,10,12,22H,3-4,6-7,9H2,1-2H3/t12-/m0/s1. The van der Waals surface area contributed by atoms with Gasteiger partial charge in [-0.05, 0) is 37.4 Å². The Kier molecular flexibility index (Phi) is 4.41. The normalized spacial score (nSPS) is 17.4. The lowest BCUT2D eigenvalue weighted by molar-refractivity contribution is -0.141. The van der Waals surface area contributed by atoms with Crippen LogP contribution in [0, 0.1) is 12.8 Å². The Morgan fingerprint density at radius 1 is 1.33 bits per heavy atom. The van der Waals surface area contributed by atoms with E-state index in [0.717, 1.165) is 41.5 Å². The number of fused-ring (bicyclic) bond motifs is 2. The van der Waals surface area contributed by atoms with Gasteiger partial charge in [0.05, 0.1) is 5.69 Å². The third-order valence-corrected chi connectivity index (χ3v) is 5.06. The quantitative estimate of drug-likeness (QED) is 0.759. The molecule has 9 heteroatoms. The minimum atomic E-state index is -4.38. The van der Waals surface area contributed by atoms with Crippen LogP contribution in [-0.2, 0) is 32.7 Å². The SMILES string of the molecule is Cc1nn(C)c2ncc(CNC[C@@H]3CCc4nc(C(F)(F)F)cn4C3)cc12. The number of nitrogens with zero attached hydrogens (tertiary/aromatic N) is 5. The van der Waals surface area contributed by atoms with E-state index in [9.17, 15) is 13.2 Å². The molecule has 0 aromatic carbocycles. The summed E-state index contributed by atoms with van der Waals surface area (Å²) in [7, 11) is 1.87. The Morgan fingerprint density at radius 2 is 2.15 bits per heavy atom. The summed E-state index contributed by atoms with van der Waals surface area (Å²) in [4.78, 5) is 8.19. The molecular weight excluding hydrogens is 357 g/mol. The second-order valence-corrected chi connectivity index (χ2v) is 7.15. The van der Waals surface area contributed by atoms with Crippen molar-refractivity contribution in [3.8, 4) is 0 Å². The summed E-state index contributed by atoms with van der Waals surface area (Å²) < 4.78 is 41.8. The maximum absolute atomic E-state index is 12.8. The highest BCUT2D eigenvalue weighted by molar-refractivity contribution is 5.78. The summed E-state index contributed by atoms with van der Waals surface area (Å²) in [6.07, 6.45) is -0.00921. The molecule has 0 radical (unpaired) electrons. The van der Waals surface area contributed by atoms with E-state index in [1.165, 1.54) is 0 Å². The molecule has 0 amide bonds. The molecule has 3 aromatic rings. The third kappa shape index (κ3) is 3.55. The van der Waals surface area contributed by atoms with E-state index in [1.807, 2.05) is 20.2 Å². The van der Waals surface area contributed by atoms with Crippen molar-refractivity contribution in [3.05, 3.63) is 41.2 Å². The second kappa shape index (κ2) is 6.63. The van der Waals surface area contributed by atoms with Crippen LogP contribution in [0.2, 0.25) is 0 Å². The largest absolute Gasteiger partial charge is 0.434 e. The molecule has 0 fully saturated rings. The van der Waals surface area contributed by atoms with Crippen molar-refractivity contribution in [1.82, 2.24) is 29.6 Å². The first-order valence-corrected chi connectivity index (χ1v) is 8.93. The van der Waals surface area contributed by atoms with E-state index in [4.69, 9.17) is 0 Å². The number of nitrogens with one attached hydrogen (secondary N) is 1. The van der Waals surface area contributed by atoms with Gasteiger partial charge in [-0.25, -0.2) is 9.97 Å². The highest BCUT2D eigenvalue weighted by atomic mass is 19.4. The number of rotatable bonds is 4. The van der Waals surface area contributed by atoms with Crippen molar-refractivity contribution in [1.29, 1.82) is 0 Å². The van der Waals surface area contributed by atoms with Gasteiger partial charge in [-0.3, -0.25) is 4.68 Å². The average Bonchev–Trinajstić information content (AvgIpc) is 3.16. The molecule has 0 spiro atoms. The van der Waals surface area contributed by atoms with Crippen LogP contribution in [0.4, 0.5) is 13.2 Å². The predicted octanol–water partition coefficient (Wildman–Crippen LogP) is 2.84. The number of aryl methyl sites for hydroxylation is 3. The molecule has 0 unspecified atom stereocenters. The maximum Gasteiger partial charge on any atom is 0.434 e. The van der Waals surface area contributed by atoms with E-state index >= 15 is 0 Å². The molecule has 144 valence electrons. The monoisotopic (exact) mass is 378 g/mol. The van der Waals surface area contributed by atoms with Gasteiger partial charge in [0.1, 0.15) is 5.82 Å². The van der Waals surface area contributed by atoms with Crippen molar-refractivity contribution in [2.75, 3.05) is 6.54 Å². The van der Waals surface area contributed by atoms with Crippen LogP contribution in [0.3, 0.4) is 0 Å². The lowest BCUT2D eigenvalue weighted by Crippen LogP contribution is -2.29. The van der Waals surface area contributed by atoms with E-state index in [2.05, 4.69) is 26.4 Å². The Bertz CT molecular complexity index is 972. The van der Waals surface area contributed by atoms with Gasteiger partial charge >= 0.3 is 6.18 Å². The highest BCUT2D eigenvalue weighted by Gasteiger charge is 2.35. The van der Waals surface area contributed by atoms with Crippen LogP contribution in [0.15, 0.2) is 18.5 Å². The molecule has 0 saturated heterocycles. The summed E-state index contributed by atoms with van der Waals surface area (Å²) in [5.41, 5.74) is 2.08. The fourth-order valence-electron chi connectivity index (χ4n) is 3.69. The van der Waals surface area contributed by atoms with Gasteiger partial charge in [-0.1, -0.05) is 0 Å². The average molecular weight is 378 g/mol. The Balaban J connectivity index is 1.36. The molecule has 0 aliphatic carbocycles. The van der Waals surface area contributed by atoms with Gasteiger partial charge in [0.25, 0.3) is 0 Å². The fourth-order valence-corrected chi connectivity index (χ4v) is 3.69. The molecule has 0 bridgehead atoms. The third-order valence-electron chi connectivity index (χ3n) is 5.06.